The van der Waals surface area contributed by atoms with Crippen molar-refractivity contribution >= 4 is 0 Å². The Morgan fingerprint density at radius 3 is 2.62 bits per heavy atom. The van der Waals surface area contributed by atoms with Crippen LogP contribution in [-0.4, -0.2) is 0 Å². The minimum atomic E-state index is -0.361. The second-order valence-electron chi connectivity index (χ2n) is 3.85. The number of halogens is 2. The van der Waals surface area contributed by atoms with Crippen LogP contribution in [-0.2, 0) is 23.2 Å². The molecule has 0 aromatic heterocycles. The summed E-state index contributed by atoms with van der Waals surface area (Å²) in [6.07, 6.45) is 16.8. The van der Waals surface area contributed by atoms with E-state index in [1.807, 2.05) is 0 Å². The number of hydrogen-bond acceptors (Lipinski definition) is 0. The van der Waals surface area contributed by atoms with Crippen molar-refractivity contribution in [3.8, 4) is 0 Å². The van der Waals surface area contributed by atoms with E-state index in [9.17, 15) is 0 Å². The predicted octanol–water partition coefficient (Wildman–Crippen LogP) is -2.07. The second-order valence-corrected chi connectivity index (χ2v) is 7.62. The smallest absolute Gasteiger partial charge is 1.00 e. The van der Waals surface area contributed by atoms with Crippen molar-refractivity contribution in [3.05, 3.63) is 42.5 Å². The molecule has 0 unspecified atom stereocenters. The van der Waals surface area contributed by atoms with Crippen molar-refractivity contribution in [2.24, 2.45) is 0 Å². The van der Waals surface area contributed by atoms with Crippen LogP contribution in [0.4, 0.5) is 0 Å². The van der Waals surface area contributed by atoms with Crippen LogP contribution in [0.2, 0.25) is 0 Å². The summed E-state index contributed by atoms with van der Waals surface area (Å²) in [5, 5.41) is 0. The third-order valence-corrected chi connectivity index (χ3v) is 5.92. The minimum Gasteiger partial charge on any atom is -1.00 e. The maximum Gasteiger partial charge on any atom is -1.00 e. The average molecular weight is 334 g/mol. The van der Waals surface area contributed by atoms with Gasteiger partial charge in [-0.2, -0.15) is 0 Å². The van der Waals surface area contributed by atoms with E-state index in [1.165, 1.54) is 25.7 Å². The number of rotatable bonds is 4. The Balaban J connectivity index is 0.00000112. The van der Waals surface area contributed by atoms with Crippen LogP contribution >= 0.6 is 0 Å². The fourth-order valence-electron chi connectivity index (χ4n) is 1.88. The third-order valence-electron chi connectivity index (χ3n) is 2.57. The zero-order valence-electron chi connectivity index (χ0n) is 9.47. The SMILES string of the molecule is CCCC1=CC[C]([Zr+2][C]2=CC=CC2)=C1.[Cl-].[Cl-]. The first-order chi connectivity index (χ1) is 6.88. The van der Waals surface area contributed by atoms with Crippen molar-refractivity contribution < 1.29 is 48.0 Å². The first-order valence-electron chi connectivity index (χ1n) is 5.41. The molecular formula is C13H16Cl2Zr. The van der Waals surface area contributed by atoms with Gasteiger partial charge >= 0.3 is 98.4 Å². The molecule has 3 heteroatoms. The Bertz CT molecular complexity index is 338. The topological polar surface area (TPSA) is 0 Å². The van der Waals surface area contributed by atoms with E-state index in [0.717, 1.165) is 0 Å². The minimum absolute atomic E-state index is 0. The van der Waals surface area contributed by atoms with Crippen LogP contribution in [0.3, 0.4) is 0 Å². The van der Waals surface area contributed by atoms with Crippen molar-refractivity contribution in [3.63, 3.8) is 0 Å². The number of hydrogen-bond donors (Lipinski definition) is 0. The molecule has 0 spiro atoms. The van der Waals surface area contributed by atoms with Gasteiger partial charge in [0.05, 0.1) is 0 Å². The molecule has 0 aliphatic heterocycles. The van der Waals surface area contributed by atoms with Crippen LogP contribution in [0.15, 0.2) is 42.5 Å². The summed E-state index contributed by atoms with van der Waals surface area (Å²) in [4.78, 5) is 0. The molecule has 0 radical (unpaired) electrons. The van der Waals surface area contributed by atoms with Gasteiger partial charge in [-0.05, 0) is 0 Å². The molecule has 2 aliphatic carbocycles. The Kier molecular flexibility index (Phi) is 8.73. The van der Waals surface area contributed by atoms with E-state index >= 15 is 0 Å². The van der Waals surface area contributed by atoms with Crippen LogP contribution in [0.25, 0.3) is 0 Å². The summed E-state index contributed by atoms with van der Waals surface area (Å²) < 4.78 is 3.51. The standard InChI is InChI=1S/C8H11.C5H5.2ClH.Zr/c1-2-5-8-6-3-4-7-8;1-2-4-5-3-1;;;/h6-7H,2-3,5H2,1H3;1-3H,4H2;2*1H;/q;;;;+2/p-2. The molecule has 0 saturated carbocycles. The molecule has 86 valence electrons. The molecule has 0 heterocycles. The molecule has 2 rings (SSSR count). The maximum absolute atomic E-state index is 2.48. The molecule has 16 heavy (non-hydrogen) atoms. The second kappa shape index (κ2) is 8.50. The Hall–Kier alpha value is 0.423. The molecule has 2 aliphatic rings. The van der Waals surface area contributed by atoms with Crippen LogP contribution in [0.5, 0.6) is 0 Å². The van der Waals surface area contributed by atoms with Gasteiger partial charge < -0.3 is 24.8 Å². The van der Waals surface area contributed by atoms with Crippen molar-refractivity contribution in [2.45, 2.75) is 32.6 Å². The van der Waals surface area contributed by atoms with E-state index in [1.54, 1.807) is 12.1 Å². The van der Waals surface area contributed by atoms with Gasteiger partial charge in [0.2, 0.25) is 0 Å². The van der Waals surface area contributed by atoms with E-state index < -0.39 is 0 Å². The first-order valence-corrected chi connectivity index (χ1v) is 7.86. The summed E-state index contributed by atoms with van der Waals surface area (Å²) in [6.45, 7) is 2.26. The Morgan fingerprint density at radius 2 is 2.00 bits per heavy atom. The Labute approximate surface area is 122 Å². The van der Waals surface area contributed by atoms with Gasteiger partial charge in [0.25, 0.3) is 0 Å². The molecule has 0 aromatic rings. The van der Waals surface area contributed by atoms with Crippen molar-refractivity contribution in [1.29, 1.82) is 0 Å². The average Bonchev–Trinajstić information content (AvgIpc) is 2.79. The fraction of sp³-hybridized carbons (Fsp3) is 0.385. The molecule has 0 amide bonds. The van der Waals surface area contributed by atoms with E-state index in [4.69, 9.17) is 0 Å². The van der Waals surface area contributed by atoms with E-state index in [-0.39, 0.29) is 48.0 Å². The molecule has 0 saturated heterocycles. The normalized spacial score (nSPS) is 16.7. The van der Waals surface area contributed by atoms with Crippen molar-refractivity contribution in [2.75, 3.05) is 0 Å². The summed E-state index contributed by atoms with van der Waals surface area (Å²) >= 11 is -0.361. The molecule has 0 N–H and O–H groups in total. The van der Waals surface area contributed by atoms with Gasteiger partial charge in [-0.1, -0.05) is 0 Å². The third kappa shape index (κ3) is 4.74. The zero-order valence-corrected chi connectivity index (χ0v) is 13.4. The largest absolute Gasteiger partial charge is 1.00 e. The summed E-state index contributed by atoms with van der Waals surface area (Å²) in [5.74, 6) is 0. The van der Waals surface area contributed by atoms with Crippen LogP contribution in [0.1, 0.15) is 32.6 Å². The van der Waals surface area contributed by atoms with Crippen LogP contribution < -0.4 is 24.8 Å². The van der Waals surface area contributed by atoms with Gasteiger partial charge in [-0.3, -0.25) is 0 Å². The quantitative estimate of drug-likeness (QED) is 0.555. The molecular weight excluding hydrogens is 318 g/mol. The predicted molar refractivity (Wildman–Crippen MR) is 57.5 cm³/mol. The molecule has 0 aromatic carbocycles. The fourth-order valence-corrected chi connectivity index (χ4v) is 5.01. The van der Waals surface area contributed by atoms with Gasteiger partial charge in [-0.15, -0.1) is 0 Å². The van der Waals surface area contributed by atoms with Gasteiger partial charge in [0.15, 0.2) is 0 Å². The maximum atomic E-state index is 2.48. The summed E-state index contributed by atoms with van der Waals surface area (Å²) in [5.41, 5.74) is 1.59. The van der Waals surface area contributed by atoms with Gasteiger partial charge in [0, 0.05) is 0 Å². The molecule has 0 fully saturated rings. The molecule has 0 nitrogen and oxygen atoms in total. The monoisotopic (exact) mass is 332 g/mol. The van der Waals surface area contributed by atoms with E-state index in [2.05, 4.69) is 37.3 Å². The first kappa shape index (κ1) is 16.4. The zero-order chi connectivity index (χ0) is 9.80. The Morgan fingerprint density at radius 1 is 1.19 bits per heavy atom. The van der Waals surface area contributed by atoms with Crippen molar-refractivity contribution in [1.82, 2.24) is 0 Å². The van der Waals surface area contributed by atoms with Crippen LogP contribution in [0, 0.1) is 0 Å². The molecule has 0 bridgehead atoms. The number of allylic oxidation sites excluding steroid dienone is 8. The molecule has 0 atom stereocenters. The summed E-state index contributed by atoms with van der Waals surface area (Å²) in [7, 11) is 0. The summed E-state index contributed by atoms with van der Waals surface area (Å²) in [6, 6.07) is 0. The van der Waals surface area contributed by atoms with E-state index in [0.29, 0.717) is 0 Å². The van der Waals surface area contributed by atoms with Gasteiger partial charge in [-0.25, -0.2) is 0 Å². The van der Waals surface area contributed by atoms with Gasteiger partial charge in [0.1, 0.15) is 0 Å².